The van der Waals surface area contributed by atoms with E-state index in [2.05, 4.69) is 9.97 Å². The van der Waals surface area contributed by atoms with E-state index in [9.17, 15) is 8.78 Å². The van der Waals surface area contributed by atoms with Gasteiger partial charge in [-0.25, -0.2) is 8.78 Å². The second-order valence-corrected chi connectivity index (χ2v) is 2.44. The van der Waals surface area contributed by atoms with E-state index in [0.717, 1.165) is 0 Å². The molecule has 0 saturated carbocycles. The van der Waals surface area contributed by atoms with Crippen molar-refractivity contribution in [1.82, 2.24) is 9.97 Å². The summed E-state index contributed by atoms with van der Waals surface area (Å²) in [7, 11) is 0. The average Bonchev–Trinajstić information content (AvgIpc) is 2.04. The van der Waals surface area contributed by atoms with Gasteiger partial charge in [0.25, 0.3) is 6.43 Å². The molecule has 1 aromatic heterocycles. The normalized spacial score (nSPS) is 13.4. The van der Waals surface area contributed by atoms with E-state index in [1.807, 2.05) is 0 Å². The highest BCUT2D eigenvalue weighted by atomic mass is 19.3. The van der Waals surface area contributed by atoms with Crippen LogP contribution in [-0.4, -0.2) is 16.4 Å². The topological polar surface area (TPSA) is 51.8 Å². The molecule has 0 amide bonds. The first-order valence-electron chi connectivity index (χ1n) is 3.43. The Kier molecular flexibility index (Phi) is 2.65. The van der Waals surface area contributed by atoms with Gasteiger partial charge in [-0.1, -0.05) is 0 Å². The van der Waals surface area contributed by atoms with E-state index in [4.69, 9.17) is 5.73 Å². The molecule has 0 saturated heterocycles. The van der Waals surface area contributed by atoms with E-state index in [1.165, 1.54) is 12.4 Å². The van der Waals surface area contributed by atoms with Crippen molar-refractivity contribution in [2.24, 2.45) is 5.73 Å². The smallest absolute Gasteiger partial charge is 0.259 e. The van der Waals surface area contributed by atoms with Crippen molar-refractivity contribution in [3.63, 3.8) is 0 Å². The third-order valence-electron chi connectivity index (χ3n) is 1.41. The summed E-state index contributed by atoms with van der Waals surface area (Å²) < 4.78 is 24.0. The number of aromatic nitrogens is 2. The quantitative estimate of drug-likeness (QED) is 0.727. The number of nitrogens with two attached hydrogens (primary N) is 1. The van der Waals surface area contributed by atoms with Gasteiger partial charge in [-0.05, 0) is 6.92 Å². The van der Waals surface area contributed by atoms with Gasteiger partial charge in [-0.15, -0.1) is 0 Å². The minimum Gasteiger partial charge on any atom is -0.318 e. The number of aryl methyl sites for hydroxylation is 1. The number of alkyl halides is 2. The zero-order chi connectivity index (χ0) is 9.14. The predicted molar refractivity (Wildman–Crippen MR) is 39.7 cm³/mol. The van der Waals surface area contributed by atoms with Gasteiger partial charge in [0.05, 0.1) is 17.6 Å². The van der Waals surface area contributed by atoms with Gasteiger partial charge >= 0.3 is 0 Å². The maximum absolute atomic E-state index is 12.0. The lowest BCUT2D eigenvalue weighted by molar-refractivity contribution is 0.114. The Morgan fingerprint density at radius 1 is 1.33 bits per heavy atom. The average molecular weight is 173 g/mol. The molecule has 0 spiro atoms. The molecule has 0 aliphatic heterocycles. The van der Waals surface area contributed by atoms with Crippen LogP contribution in [0.5, 0.6) is 0 Å². The molecule has 0 radical (unpaired) electrons. The van der Waals surface area contributed by atoms with Crippen LogP contribution in [0, 0.1) is 6.92 Å². The van der Waals surface area contributed by atoms with Gasteiger partial charge in [-0.3, -0.25) is 9.97 Å². The molecular formula is C7H9F2N3. The first-order chi connectivity index (χ1) is 5.61. The molecule has 0 bridgehead atoms. The molecule has 3 nitrogen and oxygen atoms in total. The molecule has 1 rings (SSSR count). The van der Waals surface area contributed by atoms with Gasteiger partial charge in [0.1, 0.15) is 6.04 Å². The summed E-state index contributed by atoms with van der Waals surface area (Å²) in [5, 5.41) is 0. The molecule has 0 aromatic carbocycles. The fraction of sp³-hybridized carbons (Fsp3) is 0.429. The summed E-state index contributed by atoms with van der Waals surface area (Å²) in [6, 6.07) is -1.34. The summed E-state index contributed by atoms with van der Waals surface area (Å²) in [4.78, 5) is 7.54. The summed E-state index contributed by atoms with van der Waals surface area (Å²) in [5.74, 6) is 0. The Hall–Kier alpha value is -1.10. The van der Waals surface area contributed by atoms with Crippen molar-refractivity contribution in [2.75, 3.05) is 0 Å². The fourth-order valence-electron chi connectivity index (χ4n) is 0.704. The first kappa shape index (κ1) is 8.99. The zero-order valence-electron chi connectivity index (χ0n) is 6.54. The highest BCUT2D eigenvalue weighted by Gasteiger charge is 2.18. The largest absolute Gasteiger partial charge is 0.318 e. The van der Waals surface area contributed by atoms with Gasteiger partial charge in [0, 0.05) is 6.20 Å². The van der Waals surface area contributed by atoms with E-state index in [1.54, 1.807) is 6.92 Å². The standard InChI is InChI=1S/C7H9F2N3/c1-4-2-12-5(3-11-4)6(10)7(8)9/h2-3,6-7H,10H2,1H3. The van der Waals surface area contributed by atoms with Crippen LogP contribution < -0.4 is 5.73 Å². The van der Waals surface area contributed by atoms with Crippen LogP contribution in [0.25, 0.3) is 0 Å². The van der Waals surface area contributed by atoms with Crippen LogP contribution in [0.1, 0.15) is 17.4 Å². The molecule has 2 N–H and O–H groups in total. The van der Waals surface area contributed by atoms with E-state index >= 15 is 0 Å². The van der Waals surface area contributed by atoms with Gasteiger partial charge < -0.3 is 5.73 Å². The highest BCUT2D eigenvalue weighted by Crippen LogP contribution is 2.14. The van der Waals surface area contributed by atoms with Crippen LogP contribution in [0.4, 0.5) is 8.78 Å². The second-order valence-electron chi connectivity index (χ2n) is 2.44. The number of nitrogens with zero attached hydrogens (tertiary/aromatic N) is 2. The van der Waals surface area contributed by atoms with Crippen molar-refractivity contribution in [3.8, 4) is 0 Å². The molecule has 1 heterocycles. The fourth-order valence-corrected chi connectivity index (χ4v) is 0.704. The Labute approximate surface area is 68.6 Å². The number of halogens is 2. The first-order valence-corrected chi connectivity index (χ1v) is 3.43. The second kappa shape index (κ2) is 3.53. The molecule has 12 heavy (non-hydrogen) atoms. The van der Waals surface area contributed by atoms with Crippen molar-refractivity contribution < 1.29 is 8.78 Å². The number of rotatable bonds is 2. The third-order valence-corrected chi connectivity index (χ3v) is 1.41. The lowest BCUT2D eigenvalue weighted by Gasteiger charge is -2.08. The maximum atomic E-state index is 12.0. The molecule has 5 heteroatoms. The highest BCUT2D eigenvalue weighted by molar-refractivity contribution is 5.05. The lowest BCUT2D eigenvalue weighted by atomic mass is 10.2. The van der Waals surface area contributed by atoms with Crippen molar-refractivity contribution in [3.05, 3.63) is 23.8 Å². The van der Waals surface area contributed by atoms with Crippen molar-refractivity contribution >= 4 is 0 Å². The van der Waals surface area contributed by atoms with Crippen LogP contribution in [0.2, 0.25) is 0 Å². The van der Waals surface area contributed by atoms with Crippen LogP contribution in [-0.2, 0) is 0 Å². The van der Waals surface area contributed by atoms with Crippen LogP contribution in [0.3, 0.4) is 0 Å². The Bertz CT molecular complexity index is 247. The van der Waals surface area contributed by atoms with Crippen LogP contribution >= 0.6 is 0 Å². The molecule has 1 unspecified atom stereocenters. The summed E-state index contributed by atoms with van der Waals surface area (Å²) in [6.45, 7) is 1.73. The minimum absolute atomic E-state index is 0.121. The Balaban J connectivity index is 2.82. The summed E-state index contributed by atoms with van der Waals surface area (Å²) >= 11 is 0. The van der Waals surface area contributed by atoms with Crippen molar-refractivity contribution in [2.45, 2.75) is 19.4 Å². The maximum Gasteiger partial charge on any atom is 0.259 e. The van der Waals surface area contributed by atoms with Gasteiger partial charge in [0.2, 0.25) is 0 Å². The molecule has 0 aliphatic rings. The lowest BCUT2D eigenvalue weighted by Crippen LogP contribution is -2.20. The number of hydrogen-bond acceptors (Lipinski definition) is 3. The molecule has 1 atom stereocenters. The summed E-state index contributed by atoms with van der Waals surface area (Å²) in [5.41, 5.74) is 5.94. The van der Waals surface area contributed by atoms with Gasteiger partial charge in [-0.2, -0.15) is 0 Å². The van der Waals surface area contributed by atoms with Gasteiger partial charge in [0.15, 0.2) is 0 Å². The molecule has 0 fully saturated rings. The zero-order valence-corrected chi connectivity index (χ0v) is 6.54. The van der Waals surface area contributed by atoms with E-state index in [-0.39, 0.29) is 5.69 Å². The molecule has 66 valence electrons. The Morgan fingerprint density at radius 3 is 2.42 bits per heavy atom. The Morgan fingerprint density at radius 2 is 2.00 bits per heavy atom. The molecule has 0 aliphatic carbocycles. The van der Waals surface area contributed by atoms with E-state index < -0.39 is 12.5 Å². The predicted octanol–water partition coefficient (Wildman–Crippen LogP) is 1.05. The third kappa shape index (κ3) is 1.94. The summed E-state index contributed by atoms with van der Waals surface area (Å²) in [6.07, 6.45) is 0.0889. The SMILES string of the molecule is Cc1cnc(C(N)C(F)F)cn1. The molecular weight excluding hydrogens is 164 g/mol. The van der Waals surface area contributed by atoms with Crippen molar-refractivity contribution in [1.29, 1.82) is 0 Å². The van der Waals surface area contributed by atoms with Crippen LogP contribution in [0.15, 0.2) is 12.4 Å². The monoisotopic (exact) mass is 173 g/mol. The van der Waals surface area contributed by atoms with E-state index in [0.29, 0.717) is 5.69 Å². The molecule has 1 aromatic rings. The number of hydrogen-bond donors (Lipinski definition) is 1. The minimum atomic E-state index is -2.60.